The van der Waals surface area contributed by atoms with Crippen molar-refractivity contribution in [2.45, 2.75) is 23.6 Å². The molecule has 3 aromatic carbocycles. The fraction of sp³-hybridized carbons (Fsp3) is 0.0800. The van der Waals surface area contributed by atoms with Gasteiger partial charge in [-0.25, -0.2) is 0 Å². The number of nitro groups is 2. The molecule has 0 atom stereocenters. The van der Waals surface area contributed by atoms with Gasteiger partial charge in [0.15, 0.2) is 0 Å². The van der Waals surface area contributed by atoms with Crippen molar-refractivity contribution in [2.24, 2.45) is 4.99 Å². The fourth-order valence-corrected chi connectivity index (χ4v) is 4.39. The minimum Gasteiger partial charge on any atom is -0.318 e. The molecule has 0 spiro atoms. The molecule has 0 amide bonds. The monoisotopic (exact) mass is 472 g/mol. The number of aliphatic imine (C=N–C) groups is 1. The summed E-state index contributed by atoms with van der Waals surface area (Å²) in [5.74, 6) is 0. The normalized spacial score (nSPS) is 11.1. The molecule has 4 rings (SSSR count). The standard InChI is InChI=1S/C25H20N4O4S/c1-17-14-19(18(2)27(17)22-4-3-5-23(15-22)29(32)33)16-26-20-6-10-24(11-7-20)34-25-12-8-21(9-13-25)28(30)31/h3-16H,1-2H3. The highest BCUT2D eigenvalue weighted by atomic mass is 32.2. The van der Waals surface area contributed by atoms with Gasteiger partial charge in [-0.1, -0.05) is 17.8 Å². The second-order valence-corrected chi connectivity index (χ2v) is 8.69. The Morgan fingerprint density at radius 2 is 1.44 bits per heavy atom. The second kappa shape index (κ2) is 9.72. The van der Waals surface area contributed by atoms with E-state index in [9.17, 15) is 20.2 Å². The SMILES string of the molecule is Cc1cc(C=Nc2ccc(Sc3ccc([N+](=O)[O-])cc3)cc2)c(C)n1-c1cccc([N+](=O)[O-])c1. The molecule has 1 aromatic heterocycles. The highest BCUT2D eigenvalue weighted by molar-refractivity contribution is 7.99. The number of hydrogen-bond acceptors (Lipinski definition) is 6. The lowest BCUT2D eigenvalue weighted by Gasteiger charge is -2.09. The van der Waals surface area contributed by atoms with Gasteiger partial charge in [-0.2, -0.15) is 0 Å². The molecule has 9 heteroatoms. The molecule has 0 N–H and O–H groups in total. The summed E-state index contributed by atoms with van der Waals surface area (Å²) in [7, 11) is 0. The van der Waals surface area contributed by atoms with Gasteiger partial charge in [0.2, 0.25) is 0 Å². The van der Waals surface area contributed by atoms with Crippen LogP contribution in [0.4, 0.5) is 17.1 Å². The molecular weight excluding hydrogens is 452 g/mol. The van der Waals surface area contributed by atoms with E-state index in [0.29, 0.717) is 0 Å². The van der Waals surface area contributed by atoms with Gasteiger partial charge in [0.05, 0.1) is 21.2 Å². The summed E-state index contributed by atoms with van der Waals surface area (Å²) in [6.45, 7) is 3.91. The van der Waals surface area contributed by atoms with Crippen LogP contribution in [0.5, 0.6) is 0 Å². The number of rotatable bonds is 7. The first-order valence-electron chi connectivity index (χ1n) is 10.3. The highest BCUT2D eigenvalue weighted by Gasteiger charge is 2.13. The minimum atomic E-state index is -0.414. The number of hydrogen-bond donors (Lipinski definition) is 0. The molecule has 170 valence electrons. The van der Waals surface area contributed by atoms with Crippen molar-refractivity contribution >= 4 is 35.0 Å². The maximum Gasteiger partial charge on any atom is 0.271 e. The number of aryl methyl sites for hydroxylation is 1. The Labute approximate surface area is 199 Å². The Morgan fingerprint density at radius 3 is 2.06 bits per heavy atom. The van der Waals surface area contributed by atoms with Crippen LogP contribution in [0.3, 0.4) is 0 Å². The topological polar surface area (TPSA) is 104 Å². The Kier molecular flexibility index (Phi) is 6.55. The van der Waals surface area contributed by atoms with E-state index in [0.717, 1.165) is 38.1 Å². The average Bonchev–Trinajstić information content (AvgIpc) is 3.11. The van der Waals surface area contributed by atoms with E-state index in [1.54, 1.807) is 30.5 Å². The summed E-state index contributed by atoms with van der Waals surface area (Å²) in [4.78, 5) is 27.6. The first-order chi connectivity index (χ1) is 16.3. The predicted molar refractivity (Wildman–Crippen MR) is 133 cm³/mol. The van der Waals surface area contributed by atoms with Gasteiger partial charge in [0.25, 0.3) is 11.4 Å². The summed E-state index contributed by atoms with van der Waals surface area (Å²) >= 11 is 1.51. The number of aromatic nitrogens is 1. The van der Waals surface area contributed by atoms with Crippen LogP contribution in [-0.4, -0.2) is 20.6 Å². The third-order valence-corrected chi connectivity index (χ3v) is 6.26. The van der Waals surface area contributed by atoms with E-state index in [1.165, 1.54) is 30.0 Å². The number of nitrogens with zero attached hydrogens (tertiary/aromatic N) is 4. The van der Waals surface area contributed by atoms with Crippen LogP contribution in [-0.2, 0) is 0 Å². The molecule has 8 nitrogen and oxygen atoms in total. The lowest BCUT2D eigenvalue weighted by Crippen LogP contribution is -2.00. The Hall–Kier alpha value is -4.24. The van der Waals surface area contributed by atoms with E-state index < -0.39 is 9.85 Å². The molecular formula is C25H20N4O4S. The van der Waals surface area contributed by atoms with Crippen molar-refractivity contribution < 1.29 is 9.85 Å². The molecule has 0 bridgehead atoms. The zero-order chi connectivity index (χ0) is 24.2. The molecule has 1 heterocycles. The Balaban J connectivity index is 1.50. The Bertz CT molecular complexity index is 1390. The van der Waals surface area contributed by atoms with Gasteiger partial charge in [0, 0.05) is 57.2 Å². The van der Waals surface area contributed by atoms with Crippen LogP contribution in [0.25, 0.3) is 5.69 Å². The first-order valence-corrected chi connectivity index (χ1v) is 11.1. The smallest absolute Gasteiger partial charge is 0.271 e. The van der Waals surface area contributed by atoms with Gasteiger partial charge >= 0.3 is 0 Å². The highest BCUT2D eigenvalue weighted by Crippen LogP contribution is 2.30. The van der Waals surface area contributed by atoms with E-state index >= 15 is 0 Å². The fourth-order valence-electron chi connectivity index (χ4n) is 3.58. The first kappa shape index (κ1) is 22.9. The number of nitro benzene ring substituents is 2. The predicted octanol–water partition coefficient (Wildman–Crippen LogP) is 6.81. The summed E-state index contributed by atoms with van der Waals surface area (Å²) in [5, 5.41) is 21.9. The Morgan fingerprint density at radius 1 is 0.824 bits per heavy atom. The average molecular weight is 473 g/mol. The molecule has 0 fully saturated rings. The van der Waals surface area contributed by atoms with E-state index in [-0.39, 0.29) is 11.4 Å². The van der Waals surface area contributed by atoms with Crippen LogP contribution < -0.4 is 0 Å². The lowest BCUT2D eigenvalue weighted by molar-refractivity contribution is -0.385. The van der Waals surface area contributed by atoms with E-state index in [1.807, 2.05) is 54.8 Å². The summed E-state index contributed by atoms with van der Waals surface area (Å²) in [6.07, 6.45) is 1.79. The summed E-state index contributed by atoms with van der Waals surface area (Å²) in [6, 6.07) is 22.7. The third-order valence-electron chi connectivity index (χ3n) is 5.24. The van der Waals surface area contributed by atoms with Gasteiger partial charge in [0.1, 0.15) is 0 Å². The van der Waals surface area contributed by atoms with Gasteiger partial charge in [-0.3, -0.25) is 25.2 Å². The van der Waals surface area contributed by atoms with Crippen LogP contribution in [0.1, 0.15) is 17.0 Å². The lowest BCUT2D eigenvalue weighted by atomic mass is 10.2. The van der Waals surface area contributed by atoms with Crippen molar-refractivity contribution in [1.29, 1.82) is 0 Å². The van der Waals surface area contributed by atoms with Crippen molar-refractivity contribution in [2.75, 3.05) is 0 Å². The zero-order valence-electron chi connectivity index (χ0n) is 18.4. The molecule has 0 aliphatic carbocycles. The third kappa shape index (κ3) is 5.05. The van der Waals surface area contributed by atoms with Crippen molar-refractivity contribution in [3.63, 3.8) is 0 Å². The molecule has 0 aliphatic heterocycles. The molecule has 0 unspecified atom stereocenters. The maximum absolute atomic E-state index is 11.1. The van der Waals surface area contributed by atoms with Crippen LogP contribution in [0.15, 0.2) is 93.6 Å². The van der Waals surface area contributed by atoms with Crippen molar-refractivity contribution in [3.8, 4) is 5.69 Å². The molecule has 0 saturated heterocycles. The number of benzene rings is 3. The molecule has 0 radical (unpaired) electrons. The van der Waals surface area contributed by atoms with Gasteiger partial charge in [-0.15, -0.1) is 0 Å². The van der Waals surface area contributed by atoms with Crippen molar-refractivity contribution in [3.05, 3.63) is 116 Å². The summed E-state index contributed by atoms with van der Waals surface area (Å²) in [5.41, 5.74) is 4.45. The van der Waals surface area contributed by atoms with Crippen molar-refractivity contribution in [1.82, 2.24) is 4.57 Å². The largest absolute Gasteiger partial charge is 0.318 e. The molecule has 0 aliphatic rings. The van der Waals surface area contributed by atoms with Crippen LogP contribution >= 0.6 is 11.8 Å². The quantitative estimate of drug-likeness (QED) is 0.167. The molecule has 34 heavy (non-hydrogen) atoms. The van der Waals surface area contributed by atoms with Crippen LogP contribution in [0.2, 0.25) is 0 Å². The zero-order valence-corrected chi connectivity index (χ0v) is 19.2. The minimum absolute atomic E-state index is 0.0481. The molecule has 4 aromatic rings. The second-order valence-electron chi connectivity index (χ2n) is 7.54. The van der Waals surface area contributed by atoms with Gasteiger partial charge < -0.3 is 4.57 Å². The van der Waals surface area contributed by atoms with Gasteiger partial charge in [-0.05, 0) is 62.4 Å². The molecule has 0 saturated carbocycles. The van der Waals surface area contributed by atoms with E-state index in [4.69, 9.17) is 0 Å². The van der Waals surface area contributed by atoms with E-state index in [2.05, 4.69) is 4.99 Å². The van der Waals surface area contributed by atoms with Crippen LogP contribution in [0, 0.1) is 34.1 Å². The summed E-state index contributed by atoms with van der Waals surface area (Å²) < 4.78 is 1.97. The maximum atomic E-state index is 11.1. The number of non-ortho nitro benzene ring substituents is 2.